The van der Waals surface area contributed by atoms with Crippen molar-refractivity contribution in [1.82, 2.24) is 4.98 Å². The van der Waals surface area contributed by atoms with Crippen LogP contribution in [0.5, 0.6) is 0 Å². The second-order valence-corrected chi connectivity index (χ2v) is 4.96. The predicted molar refractivity (Wildman–Crippen MR) is 59.7 cm³/mol. The van der Waals surface area contributed by atoms with Crippen molar-refractivity contribution in [3.05, 3.63) is 16.1 Å². The van der Waals surface area contributed by atoms with Gasteiger partial charge in [0, 0.05) is 10.8 Å². The predicted octanol–water partition coefficient (Wildman–Crippen LogP) is 3.79. The molecule has 0 spiro atoms. The quantitative estimate of drug-likeness (QED) is 0.684. The van der Waals surface area contributed by atoms with Crippen LogP contribution in [0.3, 0.4) is 0 Å². The van der Waals surface area contributed by atoms with Gasteiger partial charge in [-0.05, 0) is 26.2 Å². The molecule has 1 atom stereocenters. The summed E-state index contributed by atoms with van der Waals surface area (Å²) in [6.07, 6.45) is 4.37. The average Bonchev–Trinajstić information content (AvgIpc) is 2.49. The normalized spacial score (nSPS) is 13.2. The highest BCUT2D eigenvalue weighted by molar-refractivity contribution is 7.09. The van der Waals surface area contributed by atoms with Crippen molar-refractivity contribution in [3.63, 3.8) is 0 Å². The highest BCUT2D eigenvalue weighted by Crippen LogP contribution is 2.15. The van der Waals surface area contributed by atoms with E-state index < -0.39 is 0 Å². The summed E-state index contributed by atoms with van der Waals surface area (Å²) in [5, 5.41) is 3.61. The molecule has 3 heteroatoms. The van der Waals surface area contributed by atoms with Gasteiger partial charge in [-0.2, -0.15) is 0 Å². The van der Waals surface area contributed by atoms with E-state index in [0.29, 0.717) is 5.38 Å². The minimum atomic E-state index is 0.326. The molecule has 0 aliphatic carbocycles. The summed E-state index contributed by atoms with van der Waals surface area (Å²) < 4.78 is 0. The van der Waals surface area contributed by atoms with Crippen molar-refractivity contribution in [3.8, 4) is 0 Å². The van der Waals surface area contributed by atoms with Crippen LogP contribution in [0.2, 0.25) is 0 Å². The third-order valence-corrected chi connectivity index (χ3v) is 3.24. The van der Waals surface area contributed by atoms with E-state index in [2.05, 4.69) is 17.3 Å². The van der Waals surface area contributed by atoms with Gasteiger partial charge in [-0.1, -0.05) is 13.3 Å². The van der Waals surface area contributed by atoms with E-state index in [9.17, 15) is 0 Å². The smallest absolute Gasteiger partial charge is 0.0897 e. The molecule has 1 unspecified atom stereocenters. The van der Waals surface area contributed by atoms with Crippen molar-refractivity contribution in [2.75, 3.05) is 0 Å². The lowest BCUT2D eigenvalue weighted by molar-refractivity contribution is 0.670. The van der Waals surface area contributed by atoms with Gasteiger partial charge >= 0.3 is 0 Å². The largest absolute Gasteiger partial charge is 0.247 e. The first-order valence-electron chi connectivity index (χ1n) is 4.77. The van der Waals surface area contributed by atoms with Gasteiger partial charge in [0.2, 0.25) is 0 Å². The second-order valence-electron chi connectivity index (χ2n) is 3.28. The fourth-order valence-electron chi connectivity index (χ4n) is 1.29. The number of aryl methyl sites for hydroxylation is 2. The Balaban J connectivity index is 2.26. The monoisotopic (exact) mass is 217 g/mol. The van der Waals surface area contributed by atoms with Crippen LogP contribution in [0.1, 0.15) is 36.9 Å². The van der Waals surface area contributed by atoms with E-state index in [1.807, 2.05) is 6.92 Å². The lowest BCUT2D eigenvalue weighted by Crippen LogP contribution is -2.00. The molecule has 0 aromatic carbocycles. The Labute approximate surface area is 89.1 Å². The first kappa shape index (κ1) is 11.0. The molecule has 0 fully saturated rings. The molecule has 1 aromatic heterocycles. The number of hydrogen-bond donors (Lipinski definition) is 0. The van der Waals surface area contributed by atoms with E-state index in [1.54, 1.807) is 11.3 Å². The molecule has 0 aliphatic rings. The average molecular weight is 218 g/mol. The van der Waals surface area contributed by atoms with Crippen LogP contribution >= 0.6 is 22.9 Å². The number of thiazole rings is 1. The summed E-state index contributed by atoms with van der Waals surface area (Å²) >= 11 is 7.83. The maximum Gasteiger partial charge on any atom is 0.0897 e. The number of halogens is 1. The number of hydrogen-bond acceptors (Lipinski definition) is 2. The molecule has 0 saturated heterocycles. The van der Waals surface area contributed by atoms with Gasteiger partial charge in [-0.25, -0.2) is 4.98 Å². The van der Waals surface area contributed by atoms with Crippen LogP contribution in [0.15, 0.2) is 5.38 Å². The maximum absolute atomic E-state index is 6.11. The second kappa shape index (κ2) is 5.61. The Kier molecular flexibility index (Phi) is 4.74. The lowest BCUT2D eigenvalue weighted by atomic mass is 10.1. The highest BCUT2D eigenvalue weighted by atomic mass is 35.5. The SMILES string of the molecule is CCCC(Cl)CCc1csc(C)n1. The van der Waals surface area contributed by atoms with Crippen LogP contribution in [-0.4, -0.2) is 10.4 Å². The number of aromatic nitrogens is 1. The van der Waals surface area contributed by atoms with Crippen molar-refractivity contribution >= 4 is 22.9 Å². The summed E-state index contributed by atoms with van der Waals surface area (Å²) in [7, 11) is 0. The van der Waals surface area contributed by atoms with Crippen LogP contribution in [0, 0.1) is 6.92 Å². The molecule has 1 aromatic rings. The molecule has 0 radical (unpaired) electrons. The van der Waals surface area contributed by atoms with Crippen LogP contribution in [-0.2, 0) is 6.42 Å². The number of nitrogens with zero attached hydrogens (tertiary/aromatic N) is 1. The minimum Gasteiger partial charge on any atom is -0.247 e. The van der Waals surface area contributed by atoms with E-state index in [4.69, 9.17) is 11.6 Å². The van der Waals surface area contributed by atoms with Gasteiger partial charge in [-0.15, -0.1) is 22.9 Å². The number of alkyl halides is 1. The maximum atomic E-state index is 6.11. The zero-order valence-electron chi connectivity index (χ0n) is 8.22. The zero-order valence-corrected chi connectivity index (χ0v) is 9.79. The molecule has 13 heavy (non-hydrogen) atoms. The molecule has 0 bridgehead atoms. The third kappa shape index (κ3) is 4.10. The van der Waals surface area contributed by atoms with Gasteiger partial charge in [-0.3, -0.25) is 0 Å². The number of rotatable bonds is 5. The highest BCUT2D eigenvalue weighted by Gasteiger charge is 2.05. The first-order chi connectivity index (χ1) is 6.22. The zero-order chi connectivity index (χ0) is 9.68. The summed E-state index contributed by atoms with van der Waals surface area (Å²) in [5.41, 5.74) is 1.20. The van der Waals surface area contributed by atoms with Crippen molar-refractivity contribution < 1.29 is 0 Å². The van der Waals surface area contributed by atoms with Gasteiger partial charge in [0.15, 0.2) is 0 Å². The van der Waals surface area contributed by atoms with E-state index in [1.165, 1.54) is 12.1 Å². The molecule has 0 amide bonds. The standard InChI is InChI=1S/C10H16ClNS/c1-3-4-9(11)5-6-10-7-13-8(2)12-10/h7,9H,3-6H2,1-2H3. The topological polar surface area (TPSA) is 12.9 Å². The summed E-state index contributed by atoms with van der Waals surface area (Å²) in [6, 6.07) is 0. The fraction of sp³-hybridized carbons (Fsp3) is 0.700. The Hall–Kier alpha value is -0.0800. The van der Waals surface area contributed by atoms with Crippen molar-refractivity contribution in [1.29, 1.82) is 0 Å². The molecular formula is C10H16ClNS. The lowest BCUT2D eigenvalue weighted by Gasteiger charge is -2.05. The van der Waals surface area contributed by atoms with Crippen LogP contribution < -0.4 is 0 Å². The Morgan fingerprint density at radius 1 is 1.54 bits per heavy atom. The van der Waals surface area contributed by atoms with Crippen LogP contribution in [0.4, 0.5) is 0 Å². The molecule has 1 heterocycles. The van der Waals surface area contributed by atoms with Gasteiger partial charge in [0.25, 0.3) is 0 Å². The third-order valence-electron chi connectivity index (χ3n) is 1.98. The minimum absolute atomic E-state index is 0.326. The Morgan fingerprint density at radius 3 is 2.85 bits per heavy atom. The van der Waals surface area contributed by atoms with Gasteiger partial charge in [0.1, 0.15) is 0 Å². The van der Waals surface area contributed by atoms with Gasteiger partial charge < -0.3 is 0 Å². The molecular weight excluding hydrogens is 202 g/mol. The molecule has 0 aliphatic heterocycles. The molecule has 1 rings (SSSR count). The summed E-state index contributed by atoms with van der Waals surface area (Å²) in [4.78, 5) is 4.40. The summed E-state index contributed by atoms with van der Waals surface area (Å²) in [5.74, 6) is 0. The van der Waals surface area contributed by atoms with E-state index >= 15 is 0 Å². The van der Waals surface area contributed by atoms with Crippen molar-refractivity contribution in [2.24, 2.45) is 0 Å². The molecule has 1 nitrogen and oxygen atoms in total. The Bertz CT molecular complexity index is 247. The van der Waals surface area contributed by atoms with Crippen LogP contribution in [0.25, 0.3) is 0 Å². The first-order valence-corrected chi connectivity index (χ1v) is 6.09. The van der Waals surface area contributed by atoms with Gasteiger partial charge in [0.05, 0.1) is 10.7 Å². The van der Waals surface area contributed by atoms with E-state index in [-0.39, 0.29) is 0 Å². The fourth-order valence-corrected chi connectivity index (χ4v) is 2.26. The van der Waals surface area contributed by atoms with Crippen molar-refractivity contribution in [2.45, 2.75) is 44.9 Å². The molecule has 0 N–H and O–H groups in total. The summed E-state index contributed by atoms with van der Waals surface area (Å²) in [6.45, 7) is 4.21. The molecule has 0 saturated carbocycles. The molecule has 74 valence electrons. The van der Waals surface area contributed by atoms with E-state index in [0.717, 1.165) is 24.3 Å². The Morgan fingerprint density at radius 2 is 2.31 bits per heavy atom.